The molecule has 0 bridgehead atoms. The molecule has 0 aliphatic carbocycles. The van der Waals surface area contributed by atoms with Gasteiger partial charge in [-0.2, -0.15) is 4.31 Å². The maximum Gasteiger partial charge on any atom is 0.251 e. The summed E-state index contributed by atoms with van der Waals surface area (Å²) in [6.07, 6.45) is -1.03. The molecular weight excluding hydrogens is 644 g/mol. The SMILES string of the molecule is COCc1ccc(S(=O)(=O)N(CC(C)C)C[C@@H](O)[C@H](Cc2ccccc2)NC(=O)c2cc(C)cc(C(=O)NCc3oc(C)nc3C)c2)cc1. The van der Waals surface area contributed by atoms with Crippen LogP contribution in [0, 0.1) is 26.7 Å². The maximum atomic E-state index is 13.8. The van der Waals surface area contributed by atoms with Gasteiger partial charge in [0.2, 0.25) is 10.0 Å². The molecule has 0 saturated heterocycles. The van der Waals surface area contributed by atoms with Gasteiger partial charge in [0.25, 0.3) is 11.8 Å². The van der Waals surface area contributed by atoms with Crippen molar-refractivity contribution in [2.75, 3.05) is 20.2 Å². The van der Waals surface area contributed by atoms with Gasteiger partial charge >= 0.3 is 0 Å². The Morgan fingerprint density at radius 3 is 2.16 bits per heavy atom. The standard InChI is InChI=1S/C37H46N4O7S/c1-24(2)21-41(49(45,46)32-14-12-29(13-15-32)23-47-6)22-34(42)33(18-28-10-8-7-9-11-28)40-37(44)31-17-25(3)16-30(19-31)36(43)38-20-35-26(4)39-27(5)48-35/h7-17,19,24,33-34,42H,18,20-23H2,1-6H3,(H,38,43)(H,40,44)/t33-,34+/m0/s1. The van der Waals surface area contributed by atoms with Crippen molar-refractivity contribution in [2.45, 2.75) is 71.2 Å². The van der Waals surface area contributed by atoms with E-state index >= 15 is 0 Å². The largest absolute Gasteiger partial charge is 0.444 e. The summed E-state index contributed by atoms with van der Waals surface area (Å²) in [6.45, 7) is 9.52. The zero-order valence-electron chi connectivity index (χ0n) is 28.9. The number of nitrogens with one attached hydrogen (secondary N) is 2. The van der Waals surface area contributed by atoms with Crippen LogP contribution in [0.15, 0.2) is 82.1 Å². The highest BCUT2D eigenvalue weighted by molar-refractivity contribution is 7.89. The number of rotatable bonds is 16. The number of ether oxygens (including phenoxy) is 1. The first kappa shape index (κ1) is 37.5. The van der Waals surface area contributed by atoms with Crippen molar-refractivity contribution >= 4 is 21.8 Å². The molecule has 1 aromatic heterocycles. The third-order valence-corrected chi connectivity index (χ3v) is 9.77. The van der Waals surface area contributed by atoms with Gasteiger partial charge in [0, 0.05) is 38.2 Å². The Hall–Kier alpha value is -4.36. The number of aliphatic hydroxyl groups excluding tert-OH is 1. The van der Waals surface area contributed by atoms with Crippen LogP contribution in [-0.2, 0) is 34.3 Å². The maximum absolute atomic E-state index is 13.8. The van der Waals surface area contributed by atoms with Crippen LogP contribution < -0.4 is 10.6 Å². The molecule has 0 spiro atoms. The van der Waals surface area contributed by atoms with Crippen LogP contribution in [0.5, 0.6) is 0 Å². The first-order valence-corrected chi connectivity index (χ1v) is 17.6. The summed E-state index contributed by atoms with van der Waals surface area (Å²) in [4.78, 5) is 31.2. The molecule has 4 rings (SSSR count). The number of sulfonamides is 1. The average molecular weight is 691 g/mol. The van der Waals surface area contributed by atoms with Crippen molar-refractivity contribution in [3.63, 3.8) is 0 Å². The fourth-order valence-corrected chi connectivity index (χ4v) is 7.16. The number of benzene rings is 3. The summed E-state index contributed by atoms with van der Waals surface area (Å²) in [6, 6.07) is 19.8. The van der Waals surface area contributed by atoms with Crippen molar-refractivity contribution in [1.82, 2.24) is 19.9 Å². The molecule has 0 radical (unpaired) electrons. The van der Waals surface area contributed by atoms with E-state index in [0.29, 0.717) is 29.5 Å². The third kappa shape index (κ3) is 10.3. The van der Waals surface area contributed by atoms with Crippen LogP contribution in [0.3, 0.4) is 0 Å². The minimum Gasteiger partial charge on any atom is -0.444 e. The lowest BCUT2D eigenvalue weighted by Gasteiger charge is -2.31. The Morgan fingerprint density at radius 2 is 1.57 bits per heavy atom. The van der Waals surface area contributed by atoms with E-state index in [9.17, 15) is 23.1 Å². The Morgan fingerprint density at radius 1 is 0.918 bits per heavy atom. The number of amides is 2. The van der Waals surface area contributed by atoms with Crippen molar-refractivity contribution in [2.24, 2.45) is 5.92 Å². The van der Waals surface area contributed by atoms with Crippen molar-refractivity contribution in [3.05, 3.63) is 118 Å². The first-order chi connectivity index (χ1) is 23.3. The molecule has 0 saturated carbocycles. The number of nitrogens with zero attached hydrogens (tertiary/aromatic N) is 2. The summed E-state index contributed by atoms with van der Waals surface area (Å²) in [5.41, 5.74) is 3.57. The topological polar surface area (TPSA) is 151 Å². The Kier molecular flexibility index (Phi) is 12.9. The van der Waals surface area contributed by atoms with Crippen molar-refractivity contribution in [3.8, 4) is 0 Å². The van der Waals surface area contributed by atoms with E-state index in [0.717, 1.165) is 11.1 Å². The Bertz CT molecular complexity index is 1820. The fourth-order valence-electron chi connectivity index (χ4n) is 5.54. The second kappa shape index (κ2) is 16.8. The molecule has 0 aliphatic heterocycles. The van der Waals surface area contributed by atoms with Gasteiger partial charge in [0.05, 0.1) is 35.9 Å². The van der Waals surface area contributed by atoms with E-state index in [4.69, 9.17) is 9.15 Å². The summed E-state index contributed by atoms with van der Waals surface area (Å²) < 4.78 is 39.7. The highest BCUT2D eigenvalue weighted by Gasteiger charge is 2.31. The van der Waals surface area contributed by atoms with E-state index in [1.807, 2.05) is 44.2 Å². The number of carbonyl (C=O) groups is 2. The predicted molar refractivity (Wildman–Crippen MR) is 186 cm³/mol. The van der Waals surface area contributed by atoms with Gasteiger partial charge in [-0.15, -0.1) is 0 Å². The predicted octanol–water partition coefficient (Wildman–Crippen LogP) is 4.73. The molecule has 262 valence electrons. The quantitative estimate of drug-likeness (QED) is 0.153. The number of aryl methyl sites for hydroxylation is 3. The minimum atomic E-state index is -3.99. The smallest absolute Gasteiger partial charge is 0.251 e. The molecule has 0 unspecified atom stereocenters. The van der Waals surface area contributed by atoms with Gasteiger partial charge in [0.15, 0.2) is 5.89 Å². The molecule has 12 heteroatoms. The fraction of sp³-hybridized carbons (Fsp3) is 0.378. The van der Waals surface area contributed by atoms with E-state index in [1.54, 1.807) is 52.1 Å². The lowest BCUT2D eigenvalue weighted by atomic mass is 9.99. The molecule has 1 heterocycles. The van der Waals surface area contributed by atoms with Crippen LogP contribution in [0.4, 0.5) is 0 Å². The van der Waals surface area contributed by atoms with Crippen molar-refractivity contribution < 1.29 is 32.3 Å². The molecule has 2 amide bonds. The Labute approximate surface area is 288 Å². The number of methoxy groups -OCH3 is 1. The highest BCUT2D eigenvalue weighted by Crippen LogP contribution is 2.21. The van der Waals surface area contributed by atoms with E-state index in [1.165, 1.54) is 22.5 Å². The minimum absolute atomic E-state index is 0.0363. The first-order valence-electron chi connectivity index (χ1n) is 16.2. The summed E-state index contributed by atoms with van der Waals surface area (Å²) in [5.74, 6) is 0.116. The van der Waals surface area contributed by atoms with Gasteiger partial charge < -0.3 is 24.9 Å². The van der Waals surface area contributed by atoms with Gasteiger partial charge in [-0.1, -0.05) is 56.3 Å². The lowest BCUT2D eigenvalue weighted by Crippen LogP contribution is -2.51. The van der Waals surface area contributed by atoms with E-state index in [-0.39, 0.29) is 48.0 Å². The van der Waals surface area contributed by atoms with Crippen LogP contribution in [0.25, 0.3) is 0 Å². The summed E-state index contributed by atoms with van der Waals surface area (Å²) in [7, 11) is -2.42. The number of carbonyl (C=O) groups excluding carboxylic acids is 2. The average Bonchev–Trinajstić information content (AvgIpc) is 3.39. The molecule has 3 aromatic carbocycles. The zero-order valence-corrected chi connectivity index (χ0v) is 29.7. The number of hydrogen-bond acceptors (Lipinski definition) is 8. The van der Waals surface area contributed by atoms with Crippen molar-refractivity contribution in [1.29, 1.82) is 0 Å². The summed E-state index contributed by atoms with van der Waals surface area (Å²) >= 11 is 0. The van der Waals surface area contributed by atoms with Gasteiger partial charge in [-0.25, -0.2) is 13.4 Å². The normalized spacial score (nSPS) is 13.0. The number of hydrogen-bond donors (Lipinski definition) is 3. The Balaban J connectivity index is 1.57. The molecule has 3 N–H and O–H groups in total. The van der Waals surface area contributed by atoms with Gasteiger partial charge in [-0.3, -0.25) is 9.59 Å². The molecule has 4 aromatic rings. The van der Waals surface area contributed by atoms with Crippen LogP contribution in [0.2, 0.25) is 0 Å². The highest BCUT2D eigenvalue weighted by atomic mass is 32.2. The molecular formula is C37H46N4O7S. The van der Waals surface area contributed by atoms with E-state index < -0.39 is 34.0 Å². The molecule has 0 fully saturated rings. The lowest BCUT2D eigenvalue weighted by molar-refractivity contribution is 0.0775. The molecule has 49 heavy (non-hydrogen) atoms. The third-order valence-electron chi connectivity index (χ3n) is 7.92. The molecule has 0 aliphatic rings. The molecule has 11 nitrogen and oxygen atoms in total. The monoisotopic (exact) mass is 690 g/mol. The summed E-state index contributed by atoms with van der Waals surface area (Å²) in [5, 5.41) is 17.4. The van der Waals surface area contributed by atoms with Gasteiger partial charge in [0.1, 0.15) is 5.76 Å². The van der Waals surface area contributed by atoms with Crippen LogP contribution in [0.1, 0.15) is 68.6 Å². The molecule has 2 atom stereocenters. The van der Waals surface area contributed by atoms with Crippen LogP contribution >= 0.6 is 0 Å². The van der Waals surface area contributed by atoms with E-state index in [2.05, 4.69) is 15.6 Å². The number of aliphatic hydroxyl groups is 1. The second-order valence-corrected chi connectivity index (χ2v) is 14.6. The zero-order chi connectivity index (χ0) is 35.7. The van der Waals surface area contributed by atoms with Gasteiger partial charge in [-0.05, 0) is 73.2 Å². The second-order valence-electron chi connectivity index (χ2n) is 12.6. The number of oxazole rings is 1. The number of aromatic nitrogens is 1. The van der Waals surface area contributed by atoms with Crippen LogP contribution in [-0.4, -0.2) is 67.0 Å².